The predicted octanol–water partition coefficient (Wildman–Crippen LogP) is 0.105. The average Bonchev–Trinajstić information content (AvgIpc) is 2.99. The van der Waals surface area contributed by atoms with Crippen LogP contribution in [0.3, 0.4) is 0 Å². The van der Waals surface area contributed by atoms with Crippen molar-refractivity contribution < 1.29 is 17.9 Å². The van der Waals surface area contributed by atoms with Gasteiger partial charge in [-0.05, 0) is 12.1 Å². The molecule has 1 aromatic carbocycles. The van der Waals surface area contributed by atoms with Crippen molar-refractivity contribution in [3.05, 3.63) is 30.1 Å². The van der Waals surface area contributed by atoms with Gasteiger partial charge in [0.2, 0.25) is 0 Å². The Morgan fingerprint density at radius 2 is 2.14 bits per heavy atom. The van der Waals surface area contributed by atoms with Crippen molar-refractivity contribution in [2.45, 2.75) is 12.1 Å². The number of aromatic nitrogens is 2. The number of nitrogens with zero attached hydrogens (tertiary/aromatic N) is 1. The maximum atomic E-state index is 12.2. The summed E-state index contributed by atoms with van der Waals surface area (Å²) in [5, 5.41) is 2.68. The molecule has 2 N–H and O–H groups in total. The summed E-state index contributed by atoms with van der Waals surface area (Å²) < 4.78 is 28.4. The van der Waals surface area contributed by atoms with Crippen molar-refractivity contribution in [1.29, 1.82) is 0 Å². The number of carbonyl (C=O) groups is 1. The molecule has 0 saturated carbocycles. The normalized spacial score (nSPS) is 24.2. The minimum Gasteiger partial charge on any atom is -0.378 e. The molecule has 2 atom stereocenters. The third-order valence-corrected chi connectivity index (χ3v) is 5.23. The predicted molar refractivity (Wildman–Crippen MR) is 76.8 cm³/mol. The Labute approximate surface area is 121 Å². The molecule has 0 spiro atoms. The standard InChI is InChI=1S/C13H15N3O4S/c1-20-11-7-21(18,19)6-10(11)16-13(17)12-14-8-4-2-3-5-9(8)15-12/h2-5,10-11H,6-7H2,1H3,(H,14,15)(H,16,17)/t10-,11-/m1/s1. The molecule has 0 aliphatic carbocycles. The number of aromatic amines is 1. The van der Waals surface area contributed by atoms with E-state index in [9.17, 15) is 13.2 Å². The van der Waals surface area contributed by atoms with Gasteiger partial charge in [0, 0.05) is 7.11 Å². The highest BCUT2D eigenvalue weighted by molar-refractivity contribution is 7.91. The van der Waals surface area contributed by atoms with E-state index in [2.05, 4.69) is 15.3 Å². The fourth-order valence-corrected chi connectivity index (χ4v) is 4.33. The Morgan fingerprint density at radius 3 is 2.86 bits per heavy atom. The first kappa shape index (κ1) is 14.0. The van der Waals surface area contributed by atoms with Gasteiger partial charge in [-0.25, -0.2) is 13.4 Å². The molecule has 1 saturated heterocycles. The smallest absolute Gasteiger partial charge is 0.287 e. The largest absolute Gasteiger partial charge is 0.378 e. The molecule has 1 aliphatic heterocycles. The van der Waals surface area contributed by atoms with Crippen LogP contribution in [-0.2, 0) is 14.6 Å². The number of imidazole rings is 1. The van der Waals surface area contributed by atoms with E-state index < -0.39 is 27.9 Å². The zero-order chi connectivity index (χ0) is 15.0. The third-order valence-electron chi connectivity index (χ3n) is 3.52. The lowest BCUT2D eigenvalue weighted by Crippen LogP contribution is -2.43. The van der Waals surface area contributed by atoms with Crippen molar-refractivity contribution in [3.8, 4) is 0 Å². The summed E-state index contributed by atoms with van der Waals surface area (Å²) in [5.41, 5.74) is 1.44. The van der Waals surface area contributed by atoms with Crippen molar-refractivity contribution in [1.82, 2.24) is 15.3 Å². The molecule has 0 unspecified atom stereocenters. The lowest BCUT2D eigenvalue weighted by Gasteiger charge is -2.17. The maximum Gasteiger partial charge on any atom is 0.287 e. The number of hydrogen-bond donors (Lipinski definition) is 2. The van der Waals surface area contributed by atoms with Crippen molar-refractivity contribution in [2.75, 3.05) is 18.6 Å². The van der Waals surface area contributed by atoms with Crippen LogP contribution < -0.4 is 5.32 Å². The highest BCUT2D eigenvalue weighted by Gasteiger charge is 2.39. The molecular formula is C13H15N3O4S. The molecule has 8 heteroatoms. The van der Waals surface area contributed by atoms with E-state index in [-0.39, 0.29) is 17.3 Å². The highest BCUT2D eigenvalue weighted by Crippen LogP contribution is 2.16. The van der Waals surface area contributed by atoms with Crippen LogP contribution >= 0.6 is 0 Å². The van der Waals surface area contributed by atoms with E-state index >= 15 is 0 Å². The quantitative estimate of drug-likeness (QED) is 0.837. The lowest BCUT2D eigenvalue weighted by molar-refractivity contribution is 0.0779. The molecule has 7 nitrogen and oxygen atoms in total. The molecule has 0 bridgehead atoms. The molecule has 1 amide bonds. The minimum absolute atomic E-state index is 0.0748. The summed E-state index contributed by atoms with van der Waals surface area (Å²) >= 11 is 0. The first-order valence-corrected chi connectivity index (χ1v) is 8.29. The van der Waals surface area contributed by atoms with E-state index in [0.717, 1.165) is 5.52 Å². The van der Waals surface area contributed by atoms with Gasteiger partial charge < -0.3 is 15.0 Å². The topological polar surface area (TPSA) is 101 Å². The number of para-hydroxylation sites is 2. The molecule has 1 fully saturated rings. The van der Waals surface area contributed by atoms with Gasteiger partial charge in [0.1, 0.15) is 0 Å². The molecule has 0 radical (unpaired) electrons. The van der Waals surface area contributed by atoms with E-state index in [4.69, 9.17) is 4.74 Å². The van der Waals surface area contributed by atoms with E-state index in [1.165, 1.54) is 7.11 Å². The summed E-state index contributed by atoms with van der Waals surface area (Å²) in [4.78, 5) is 19.3. The Kier molecular flexibility index (Phi) is 3.42. The summed E-state index contributed by atoms with van der Waals surface area (Å²) in [6.07, 6.45) is -0.525. The second-order valence-corrected chi connectivity index (χ2v) is 7.19. The second-order valence-electron chi connectivity index (χ2n) is 5.03. The number of amides is 1. The van der Waals surface area contributed by atoms with E-state index in [1.807, 2.05) is 18.2 Å². The Morgan fingerprint density at radius 1 is 1.38 bits per heavy atom. The first-order valence-electron chi connectivity index (χ1n) is 6.47. The minimum atomic E-state index is -3.18. The number of ether oxygens (including phenoxy) is 1. The monoisotopic (exact) mass is 309 g/mol. The second kappa shape index (κ2) is 5.12. The molecule has 2 aromatic rings. The number of H-pyrrole nitrogens is 1. The van der Waals surface area contributed by atoms with Gasteiger partial charge in [-0.2, -0.15) is 0 Å². The molecule has 1 aliphatic rings. The van der Waals surface area contributed by atoms with Crippen LogP contribution in [0.4, 0.5) is 0 Å². The number of benzene rings is 1. The van der Waals surface area contributed by atoms with Crippen molar-refractivity contribution in [2.24, 2.45) is 0 Å². The van der Waals surface area contributed by atoms with Gasteiger partial charge in [-0.1, -0.05) is 12.1 Å². The number of rotatable bonds is 3. The van der Waals surface area contributed by atoms with Crippen LogP contribution in [0.1, 0.15) is 10.6 Å². The van der Waals surface area contributed by atoms with Crippen LogP contribution in [0.5, 0.6) is 0 Å². The van der Waals surface area contributed by atoms with Crippen molar-refractivity contribution in [3.63, 3.8) is 0 Å². The Balaban J connectivity index is 1.79. The first-order chi connectivity index (χ1) is 9.98. The third kappa shape index (κ3) is 2.77. The van der Waals surface area contributed by atoms with Crippen LogP contribution in [0.15, 0.2) is 24.3 Å². The SMILES string of the molecule is CO[C@@H]1CS(=O)(=O)C[C@H]1NC(=O)c1nc2ccccc2[nH]1. The van der Waals surface area contributed by atoms with Crippen molar-refractivity contribution >= 4 is 26.8 Å². The maximum absolute atomic E-state index is 12.2. The number of carbonyl (C=O) groups excluding carboxylic acids is 1. The Bertz CT molecular complexity index is 751. The molecule has 21 heavy (non-hydrogen) atoms. The van der Waals surface area contributed by atoms with E-state index in [0.29, 0.717) is 5.52 Å². The zero-order valence-electron chi connectivity index (χ0n) is 11.4. The molecule has 1 aromatic heterocycles. The summed E-state index contributed by atoms with van der Waals surface area (Å²) in [7, 11) is -1.74. The van der Waals surface area contributed by atoms with Gasteiger partial charge in [0.25, 0.3) is 5.91 Å². The summed E-state index contributed by atoms with van der Waals surface area (Å²) in [5.74, 6) is -0.461. The Hall–Kier alpha value is -1.93. The number of fused-ring (bicyclic) bond motifs is 1. The van der Waals surface area contributed by atoms with E-state index in [1.54, 1.807) is 6.07 Å². The number of nitrogens with one attached hydrogen (secondary N) is 2. The fourth-order valence-electron chi connectivity index (χ4n) is 2.48. The van der Waals surface area contributed by atoms with Gasteiger partial charge in [-0.15, -0.1) is 0 Å². The average molecular weight is 309 g/mol. The van der Waals surface area contributed by atoms with Crippen LogP contribution in [-0.4, -0.2) is 55.1 Å². The number of sulfone groups is 1. The van der Waals surface area contributed by atoms with Gasteiger partial charge in [0.15, 0.2) is 15.7 Å². The highest BCUT2D eigenvalue weighted by atomic mass is 32.2. The van der Waals surface area contributed by atoms with Gasteiger partial charge >= 0.3 is 0 Å². The van der Waals surface area contributed by atoms with Crippen LogP contribution in [0.2, 0.25) is 0 Å². The lowest BCUT2D eigenvalue weighted by atomic mass is 10.2. The van der Waals surface area contributed by atoms with Crippen LogP contribution in [0.25, 0.3) is 11.0 Å². The molecule has 112 valence electrons. The summed E-state index contributed by atoms with van der Waals surface area (Å²) in [6.45, 7) is 0. The molecular weight excluding hydrogens is 294 g/mol. The zero-order valence-corrected chi connectivity index (χ0v) is 12.2. The molecule has 2 heterocycles. The number of hydrogen-bond acceptors (Lipinski definition) is 5. The van der Waals surface area contributed by atoms with Gasteiger partial charge in [0.05, 0.1) is 34.7 Å². The molecule has 3 rings (SSSR count). The summed E-state index contributed by atoms with van der Waals surface area (Å²) in [6, 6.07) is 6.72. The number of methoxy groups -OCH3 is 1. The van der Waals surface area contributed by atoms with Crippen LogP contribution in [0, 0.1) is 0 Å². The van der Waals surface area contributed by atoms with Gasteiger partial charge in [-0.3, -0.25) is 4.79 Å². The fraction of sp³-hybridized carbons (Fsp3) is 0.385.